The van der Waals surface area contributed by atoms with Crippen molar-refractivity contribution in [2.24, 2.45) is 0 Å². The minimum absolute atomic E-state index is 0.295. The number of nitrogens with zero attached hydrogens (tertiary/aromatic N) is 2. The molecule has 124 valence electrons. The molecule has 23 heavy (non-hydrogen) atoms. The molecule has 0 atom stereocenters. The van der Waals surface area contributed by atoms with Crippen LogP contribution in [0.5, 0.6) is 0 Å². The van der Waals surface area contributed by atoms with E-state index in [9.17, 15) is 10.1 Å². The number of hydrogen-bond donors (Lipinski definition) is 0. The van der Waals surface area contributed by atoms with Crippen LogP contribution in [0.3, 0.4) is 0 Å². The topological polar surface area (TPSA) is 53.3 Å². The van der Waals surface area contributed by atoms with Gasteiger partial charge in [0.1, 0.15) is 5.60 Å². The smallest absolute Gasteiger partial charge is 0.410 e. The molecule has 0 aromatic heterocycles. The lowest BCUT2D eigenvalue weighted by Gasteiger charge is -2.38. The molecular formula is C18H23BrN2O2. The highest BCUT2D eigenvalue weighted by molar-refractivity contribution is 9.10. The second kappa shape index (κ2) is 6.52. The summed E-state index contributed by atoms with van der Waals surface area (Å²) in [7, 11) is 0. The number of aryl methyl sites for hydroxylation is 1. The Morgan fingerprint density at radius 1 is 1.35 bits per heavy atom. The molecule has 1 amide bonds. The molecule has 0 aliphatic carbocycles. The molecule has 1 aliphatic heterocycles. The van der Waals surface area contributed by atoms with Crippen LogP contribution in [0.25, 0.3) is 0 Å². The summed E-state index contributed by atoms with van der Waals surface area (Å²) in [4.78, 5) is 13.9. The van der Waals surface area contributed by atoms with E-state index in [1.807, 2.05) is 45.9 Å². The normalized spacial score (nSPS) is 17.5. The first-order valence-corrected chi connectivity index (χ1v) is 8.62. The highest BCUT2D eigenvalue weighted by Gasteiger charge is 2.39. The number of carbonyl (C=O) groups is 1. The number of halogens is 1. The molecule has 1 fully saturated rings. The molecule has 4 nitrogen and oxygen atoms in total. The van der Waals surface area contributed by atoms with Crippen LogP contribution in [-0.4, -0.2) is 29.7 Å². The fourth-order valence-corrected chi connectivity index (χ4v) is 3.48. The summed E-state index contributed by atoms with van der Waals surface area (Å²) in [6.45, 7) is 8.69. The highest BCUT2D eigenvalue weighted by atomic mass is 79.9. The van der Waals surface area contributed by atoms with Crippen LogP contribution >= 0.6 is 15.9 Å². The predicted octanol–water partition coefficient (Wildman–Crippen LogP) is 4.55. The number of hydrogen-bond acceptors (Lipinski definition) is 3. The number of ether oxygens (including phenoxy) is 1. The molecule has 5 heteroatoms. The SMILES string of the molecule is Cc1cc(Br)ccc1C1(C#N)CCN(C(=O)OC(C)(C)C)CC1. The Kier molecular flexibility index (Phi) is 5.05. The first kappa shape index (κ1) is 17.8. The van der Waals surface area contributed by atoms with Crippen LogP contribution in [0.2, 0.25) is 0 Å². The summed E-state index contributed by atoms with van der Waals surface area (Å²) in [6, 6.07) is 8.54. The van der Waals surface area contributed by atoms with Crippen molar-refractivity contribution in [3.63, 3.8) is 0 Å². The van der Waals surface area contributed by atoms with Gasteiger partial charge in [0.2, 0.25) is 0 Å². The van der Waals surface area contributed by atoms with Gasteiger partial charge in [-0.2, -0.15) is 5.26 Å². The van der Waals surface area contributed by atoms with E-state index < -0.39 is 11.0 Å². The van der Waals surface area contributed by atoms with Crippen LogP contribution in [0.15, 0.2) is 22.7 Å². The van der Waals surface area contributed by atoms with Gasteiger partial charge in [0, 0.05) is 17.6 Å². The number of carbonyl (C=O) groups excluding carboxylic acids is 1. The molecule has 2 rings (SSSR count). The van der Waals surface area contributed by atoms with Gasteiger partial charge in [0.05, 0.1) is 11.5 Å². The Hall–Kier alpha value is -1.54. The fraction of sp³-hybridized carbons (Fsp3) is 0.556. The molecule has 0 N–H and O–H groups in total. The zero-order chi connectivity index (χ0) is 17.3. The largest absolute Gasteiger partial charge is 0.444 e. The summed E-state index contributed by atoms with van der Waals surface area (Å²) in [5, 5.41) is 9.80. The first-order valence-electron chi connectivity index (χ1n) is 7.83. The van der Waals surface area contributed by atoms with Crippen molar-refractivity contribution in [1.82, 2.24) is 4.90 Å². The Bertz CT molecular complexity index is 635. The van der Waals surface area contributed by atoms with Crippen LogP contribution in [-0.2, 0) is 10.2 Å². The molecule has 1 aromatic carbocycles. The zero-order valence-electron chi connectivity index (χ0n) is 14.1. The third-order valence-electron chi connectivity index (χ3n) is 4.19. The van der Waals surface area contributed by atoms with Gasteiger partial charge < -0.3 is 9.64 Å². The monoisotopic (exact) mass is 378 g/mol. The lowest BCUT2D eigenvalue weighted by molar-refractivity contribution is 0.0185. The van der Waals surface area contributed by atoms with E-state index in [0.717, 1.165) is 15.6 Å². The molecule has 0 bridgehead atoms. The average Bonchev–Trinajstić information content (AvgIpc) is 2.45. The second-order valence-electron chi connectivity index (χ2n) is 7.12. The van der Waals surface area contributed by atoms with E-state index in [1.165, 1.54) is 0 Å². The van der Waals surface area contributed by atoms with E-state index in [2.05, 4.69) is 22.0 Å². The van der Waals surface area contributed by atoms with Gasteiger partial charge >= 0.3 is 6.09 Å². The Labute approximate surface area is 146 Å². The maximum atomic E-state index is 12.2. The maximum absolute atomic E-state index is 12.2. The van der Waals surface area contributed by atoms with E-state index in [0.29, 0.717) is 25.9 Å². The first-order chi connectivity index (χ1) is 10.7. The lowest BCUT2D eigenvalue weighted by atomic mass is 9.72. The van der Waals surface area contributed by atoms with Gasteiger partial charge in [-0.25, -0.2) is 4.79 Å². The molecule has 1 aliphatic rings. The van der Waals surface area contributed by atoms with Crippen molar-refractivity contribution < 1.29 is 9.53 Å². The second-order valence-corrected chi connectivity index (χ2v) is 8.04. The summed E-state index contributed by atoms with van der Waals surface area (Å²) in [5.74, 6) is 0. The van der Waals surface area contributed by atoms with Crippen LogP contribution in [0.1, 0.15) is 44.7 Å². The van der Waals surface area contributed by atoms with Crippen LogP contribution in [0.4, 0.5) is 4.79 Å². The molecular weight excluding hydrogens is 356 g/mol. The summed E-state index contributed by atoms with van der Waals surface area (Å²) < 4.78 is 6.43. The maximum Gasteiger partial charge on any atom is 0.410 e. The average molecular weight is 379 g/mol. The third kappa shape index (κ3) is 4.06. The predicted molar refractivity (Wildman–Crippen MR) is 93.2 cm³/mol. The summed E-state index contributed by atoms with van der Waals surface area (Å²) >= 11 is 3.46. The van der Waals surface area contributed by atoms with Crippen molar-refractivity contribution in [3.8, 4) is 6.07 Å². The van der Waals surface area contributed by atoms with Gasteiger partial charge in [-0.15, -0.1) is 0 Å². The van der Waals surface area contributed by atoms with E-state index in [-0.39, 0.29) is 6.09 Å². The molecule has 1 heterocycles. The summed E-state index contributed by atoms with van der Waals surface area (Å²) in [5.41, 5.74) is 1.14. The van der Waals surface area contributed by atoms with Crippen molar-refractivity contribution in [1.29, 1.82) is 5.26 Å². The number of likely N-dealkylation sites (tertiary alicyclic amines) is 1. The van der Waals surface area contributed by atoms with Gasteiger partial charge in [0.25, 0.3) is 0 Å². The number of amides is 1. The standard InChI is InChI=1S/C18H23BrN2O2/c1-13-11-14(19)5-6-15(13)18(12-20)7-9-21(10-8-18)16(22)23-17(2,3)4/h5-6,11H,7-10H2,1-4H3. The van der Waals surface area contributed by atoms with Crippen LogP contribution in [0, 0.1) is 18.3 Å². The van der Waals surface area contributed by atoms with Crippen molar-refractivity contribution in [2.75, 3.05) is 13.1 Å². The van der Waals surface area contributed by atoms with Crippen LogP contribution < -0.4 is 0 Å². The minimum Gasteiger partial charge on any atom is -0.444 e. The number of piperidine rings is 1. The fourth-order valence-electron chi connectivity index (χ4n) is 3.00. The zero-order valence-corrected chi connectivity index (χ0v) is 15.7. The molecule has 1 aromatic rings. The van der Waals surface area contributed by atoms with Crippen molar-refractivity contribution >= 4 is 22.0 Å². The Morgan fingerprint density at radius 3 is 2.43 bits per heavy atom. The molecule has 0 saturated carbocycles. The summed E-state index contributed by atoms with van der Waals surface area (Å²) in [6.07, 6.45) is 0.966. The molecule has 0 unspecified atom stereocenters. The molecule has 0 radical (unpaired) electrons. The molecule has 1 saturated heterocycles. The highest BCUT2D eigenvalue weighted by Crippen LogP contribution is 2.37. The Morgan fingerprint density at radius 2 is 1.96 bits per heavy atom. The lowest BCUT2D eigenvalue weighted by Crippen LogP contribution is -2.46. The number of rotatable bonds is 1. The van der Waals surface area contributed by atoms with Crippen molar-refractivity contribution in [2.45, 2.75) is 51.6 Å². The third-order valence-corrected chi connectivity index (χ3v) is 4.68. The molecule has 0 spiro atoms. The van der Waals surface area contributed by atoms with Gasteiger partial charge in [-0.3, -0.25) is 0 Å². The van der Waals surface area contributed by atoms with Gasteiger partial charge in [-0.05, 0) is 63.8 Å². The number of benzene rings is 1. The van der Waals surface area contributed by atoms with E-state index >= 15 is 0 Å². The van der Waals surface area contributed by atoms with Crippen molar-refractivity contribution in [3.05, 3.63) is 33.8 Å². The Balaban J connectivity index is 2.14. The minimum atomic E-state index is -0.525. The number of nitriles is 1. The van der Waals surface area contributed by atoms with Gasteiger partial charge in [0.15, 0.2) is 0 Å². The van der Waals surface area contributed by atoms with Gasteiger partial charge in [-0.1, -0.05) is 22.0 Å². The van der Waals surface area contributed by atoms with E-state index in [4.69, 9.17) is 4.74 Å². The quantitative estimate of drug-likeness (QED) is 0.719. The van der Waals surface area contributed by atoms with E-state index in [1.54, 1.807) is 4.90 Å².